The van der Waals surface area contributed by atoms with Crippen LogP contribution in [0.15, 0.2) is 6.20 Å². The average molecular weight is 294 g/mol. The van der Waals surface area contributed by atoms with E-state index in [2.05, 4.69) is 56.4 Å². The lowest BCUT2D eigenvalue weighted by Gasteiger charge is -2.30. The average Bonchev–Trinajstić information content (AvgIpc) is 2.42. The summed E-state index contributed by atoms with van der Waals surface area (Å²) >= 11 is 0. The first-order valence-corrected chi connectivity index (χ1v) is 7.81. The summed E-state index contributed by atoms with van der Waals surface area (Å²) in [6.07, 6.45) is 1.75. The molecule has 5 heteroatoms. The van der Waals surface area contributed by atoms with Crippen LogP contribution in [0.1, 0.15) is 59.0 Å². The SMILES string of the molecule is CC(C)c1ncc(OCCN(C(C)C)C(C)C)c(CN)n1. The van der Waals surface area contributed by atoms with Crippen molar-refractivity contribution in [2.45, 2.75) is 66.1 Å². The summed E-state index contributed by atoms with van der Waals surface area (Å²) in [4.78, 5) is 11.2. The molecule has 1 heterocycles. The molecule has 0 fully saturated rings. The number of hydrogen-bond acceptors (Lipinski definition) is 5. The highest BCUT2D eigenvalue weighted by Gasteiger charge is 2.14. The van der Waals surface area contributed by atoms with Gasteiger partial charge in [-0.3, -0.25) is 4.90 Å². The van der Waals surface area contributed by atoms with E-state index in [1.165, 1.54) is 0 Å². The number of nitrogens with zero attached hydrogens (tertiary/aromatic N) is 3. The predicted molar refractivity (Wildman–Crippen MR) is 86.5 cm³/mol. The molecule has 0 bridgehead atoms. The fourth-order valence-electron chi connectivity index (χ4n) is 2.34. The van der Waals surface area contributed by atoms with Crippen molar-refractivity contribution < 1.29 is 4.74 Å². The quantitative estimate of drug-likeness (QED) is 0.798. The van der Waals surface area contributed by atoms with E-state index < -0.39 is 0 Å². The summed E-state index contributed by atoms with van der Waals surface area (Å²) in [5.41, 5.74) is 6.55. The Morgan fingerprint density at radius 1 is 1.14 bits per heavy atom. The van der Waals surface area contributed by atoms with Crippen molar-refractivity contribution in [3.8, 4) is 5.75 Å². The second-order valence-corrected chi connectivity index (χ2v) is 6.17. The van der Waals surface area contributed by atoms with Gasteiger partial charge in [-0.2, -0.15) is 0 Å². The molecule has 0 aliphatic carbocycles. The second-order valence-electron chi connectivity index (χ2n) is 6.17. The number of aromatic nitrogens is 2. The summed E-state index contributed by atoms with van der Waals surface area (Å²) in [6.45, 7) is 14.8. The minimum absolute atomic E-state index is 0.293. The van der Waals surface area contributed by atoms with Gasteiger partial charge >= 0.3 is 0 Å². The molecule has 0 saturated carbocycles. The summed E-state index contributed by atoms with van der Waals surface area (Å²) in [7, 11) is 0. The van der Waals surface area contributed by atoms with E-state index in [0.717, 1.165) is 18.1 Å². The molecule has 1 aromatic heterocycles. The molecule has 120 valence electrons. The van der Waals surface area contributed by atoms with Gasteiger partial charge in [-0.25, -0.2) is 9.97 Å². The van der Waals surface area contributed by atoms with E-state index in [9.17, 15) is 0 Å². The lowest BCUT2D eigenvalue weighted by Crippen LogP contribution is -2.39. The van der Waals surface area contributed by atoms with Gasteiger partial charge < -0.3 is 10.5 Å². The Morgan fingerprint density at radius 3 is 2.24 bits per heavy atom. The van der Waals surface area contributed by atoms with Crippen LogP contribution < -0.4 is 10.5 Å². The van der Waals surface area contributed by atoms with Crippen LogP contribution in [0.5, 0.6) is 5.75 Å². The Labute approximate surface area is 128 Å². The van der Waals surface area contributed by atoms with Crippen molar-refractivity contribution in [1.82, 2.24) is 14.9 Å². The maximum absolute atomic E-state index is 5.85. The molecule has 0 amide bonds. The third-order valence-electron chi connectivity index (χ3n) is 3.49. The Kier molecular flexibility index (Phi) is 7.05. The molecule has 1 aromatic rings. The summed E-state index contributed by atoms with van der Waals surface area (Å²) in [5, 5.41) is 0. The smallest absolute Gasteiger partial charge is 0.160 e. The molecule has 1 rings (SSSR count). The first-order valence-electron chi connectivity index (χ1n) is 7.81. The first kappa shape index (κ1) is 17.9. The Hall–Kier alpha value is -1.20. The van der Waals surface area contributed by atoms with Crippen LogP contribution in [0.4, 0.5) is 0 Å². The largest absolute Gasteiger partial charge is 0.489 e. The van der Waals surface area contributed by atoms with Gasteiger partial charge in [-0.05, 0) is 27.7 Å². The van der Waals surface area contributed by atoms with Gasteiger partial charge in [0.05, 0.1) is 11.9 Å². The zero-order valence-electron chi connectivity index (χ0n) is 14.3. The van der Waals surface area contributed by atoms with Crippen LogP contribution in [-0.4, -0.2) is 40.1 Å². The lowest BCUT2D eigenvalue weighted by atomic mass is 10.2. The van der Waals surface area contributed by atoms with Crippen molar-refractivity contribution in [2.24, 2.45) is 5.73 Å². The van der Waals surface area contributed by atoms with E-state index in [4.69, 9.17) is 10.5 Å². The van der Waals surface area contributed by atoms with Gasteiger partial charge in [-0.1, -0.05) is 13.8 Å². The molecular weight excluding hydrogens is 264 g/mol. The molecule has 0 aliphatic heterocycles. The van der Waals surface area contributed by atoms with Crippen LogP contribution in [0, 0.1) is 0 Å². The molecule has 0 atom stereocenters. The molecule has 0 aromatic carbocycles. The summed E-state index contributed by atoms with van der Waals surface area (Å²) < 4.78 is 5.85. The minimum atomic E-state index is 0.293. The molecule has 5 nitrogen and oxygen atoms in total. The van der Waals surface area contributed by atoms with E-state index in [0.29, 0.717) is 36.9 Å². The fourth-order valence-corrected chi connectivity index (χ4v) is 2.34. The van der Waals surface area contributed by atoms with E-state index in [1.807, 2.05) is 0 Å². The fraction of sp³-hybridized carbons (Fsp3) is 0.750. The van der Waals surface area contributed by atoms with E-state index >= 15 is 0 Å². The van der Waals surface area contributed by atoms with Gasteiger partial charge in [0, 0.05) is 31.1 Å². The van der Waals surface area contributed by atoms with Gasteiger partial charge in [0.2, 0.25) is 0 Å². The molecule has 0 radical (unpaired) electrons. The molecule has 2 N–H and O–H groups in total. The van der Waals surface area contributed by atoms with Crippen molar-refractivity contribution >= 4 is 0 Å². The van der Waals surface area contributed by atoms with Crippen LogP contribution in [0.3, 0.4) is 0 Å². The summed E-state index contributed by atoms with van der Waals surface area (Å²) in [5.74, 6) is 1.81. The molecule has 0 saturated heterocycles. The zero-order valence-corrected chi connectivity index (χ0v) is 14.3. The zero-order chi connectivity index (χ0) is 16.0. The van der Waals surface area contributed by atoms with Crippen molar-refractivity contribution in [3.05, 3.63) is 17.7 Å². The third kappa shape index (κ3) is 5.25. The number of nitrogens with two attached hydrogens (primary N) is 1. The monoisotopic (exact) mass is 294 g/mol. The molecule has 0 unspecified atom stereocenters. The highest BCUT2D eigenvalue weighted by atomic mass is 16.5. The standard InChI is InChI=1S/C16H30N4O/c1-11(2)16-18-10-15(14(9-17)19-16)21-8-7-20(12(3)4)13(5)6/h10-13H,7-9,17H2,1-6H3. The third-order valence-corrected chi connectivity index (χ3v) is 3.49. The van der Waals surface area contributed by atoms with Crippen LogP contribution in [0.2, 0.25) is 0 Å². The van der Waals surface area contributed by atoms with Gasteiger partial charge in [-0.15, -0.1) is 0 Å². The Balaban J connectivity index is 2.67. The molecule has 21 heavy (non-hydrogen) atoms. The summed E-state index contributed by atoms with van der Waals surface area (Å²) in [6, 6.07) is 1.00. The highest BCUT2D eigenvalue weighted by molar-refractivity contribution is 5.25. The Bertz CT molecular complexity index is 424. The van der Waals surface area contributed by atoms with Crippen LogP contribution >= 0.6 is 0 Å². The maximum Gasteiger partial charge on any atom is 0.160 e. The second kappa shape index (κ2) is 8.29. The predicted octanol–water partition coefficient (Wildman–Crippen LogP) is 2.56. The normalized spacial score (nSPS) is 12.0. The van der Waals surface area contributed by atoms with Crippen LogP contribution in [-0.2, 0) is 6.54 Å². The molecular formula is C16H30N4O. The highest BCUT2D eigenvalue weighted by Crippen LogP contribution is 2.18. The minimum Gasteiger partial charge on any atom is -0.489 e. The van der Waals surface area contributed by atoms with Gasteiger partial charge in [0.15, 0.2) is 5.75 Å². The lowest BCUT2D eigenvalue weighted by molar-refractivity contribution is 0.141. The first-order chi connectivity index (χ1) is 9.86. The van der Waals surface area contributed by atoms with Gasteiger partial charge in [0.25, 0.3) is 0 Å². The van der Waals surface area contributed by atoms with E-state index in [1.54, 1.807) is 6.20 Å². The van der Waals surface area contributed by atoms with Crippen molar-refractivity contribution in [3.63, 3.8) is 0 Å². The molecule has 0 aliphatic rings. The van der Waals surface area contributed by atoms with Gasteiger partial charge in [0.1, 0.15) is 12.4 Å². The number of hydrogen-bond donors (Lipinski definition) is 1. The Morgan fingerprint density at radius 2 is 1.76 bits per heavy atom. The van der Waals surface area contributed by atoms with Crippen molar-refractivity contribution in [2.75, 3.05) is 13.2 Å². The topological polar surface area (TPSA) is 64.3 Å². The molecule has 0 spiro atoms. The van der Waals surface area contributed by atoms with Crippen molar-refractivity contribution in [1.29, 1.82) is 0 Å². The number of rotatable bonds is 8. The number of ether oxygens (including phenoxy) is 1. The van der Waals surface area contributed by atoms with Crippen LogP contribution in [0.25, 0.3) is 0 Å². The maximum atomic E-state index is 5.85. The van der Waals surface area contributed by atoms with E-state index in [-0.39, 0.29) is 0 Å².